The second-order valence-electron chi connectivity index (χ2n) is 3.64. The molecule has 1 aromatic rings. The first-order valence-corrected chi connectivity index (χ1v) is 5.15. The van der Waals surface area contributed by atoms with E-state index < -0.39 is 24.2 Å². The van der Waals surface area contributed by atoms with Gasteiger partial charge in [-0.15, -0.1) is 0 Å². The summed E-state index contributed by atoms with van der Waals surface area (Å²) in [5.41, 5.74) is 0.258. The van der Waals surface area contributed by atoms with Gasteiger partial charge in [-0.25, -0.2) is 0 Å². The number of hydrogen-bond acceptors (Lipinski definition) is 0. The molecule has 0 bridgehead atoms. The number of halogens is 5. The Morgan fingerprint density at radius 1 is 1.07 bits per heavy atom. The Morgan fingerprint density at radius 3 is 2.00 bits per heavy atom. The van der Waals surface area contributed by atoms with Crippen LogP contribution in [0.25, 0.3) is 0 Å². The Kier molecular flexibility index (Phi) is 2.33. The van der Waals surface area contributed by atoms with Gasteiger partial charge in [0, 0.05) is 10.9 Å². The number of rotatable bonds is 1. The molecule has 2 rings (SSSR count). The van der Waals surface area contributed by atoms with Gasteiger partial charge in [0.05, 0.1) is 5.92 Å². The summed E-state index contributed by atoms with van der Waals surface area (Å²) in [6.45, 7) is 0. The molecule has 0 amide bonds. The Hall–Kier alpha value is -0.580. The maximum absolute atomic E-state index is 13.0. The van der Waals surface area contributed by atoms with Gasteiger partial charge in [-0.05, 0) is 17.7 Å². The summed E-state index contributed by atoms with van der Waals surface area (Å²) in [5, 5.41) is 0. The lowest BCUT2D eigenvalue weighted by molar-refractivity contribution is -0.290. The van der Waals surface area contributed by atoms with E-state index in [4.69, 9.17) is 0 Å². The minimum atomic E-state index is -3.92. The van der Waals surface area contributed by atoms with Crippen LogP contribution in [0.5, 0.6) is 0 Å². The van der Waals surface area contributed by atoms with Gasteiger partial charge in [-0.2, -0.15) is 17.6 Å². The van der Waals surface area contributed by atoms with E-state index in [0.717, 1.165) is 4.47 Å². The van der Waals surface area contributed by atoms with Crippen molar-refractivity contribution in [1.29, 1.82) is 0 Å². The topological polar surface area (TPSA) is 0 Å². The molecule has 82 valence electrons. The molecule has 0 saturated heterocycles. The van der Waals surface area contributed by atoms with E-state index in [2.05, 4.69) is 15.9 Å². The Bertz CT molecular complexity index is 372. The van der Waals surface area contributed by atoms with Gasteiger partial charge in [0.1, 0.15) is 0 Å². The molecule has 15 heavy (non-hydrogen) atoms. The highest BCUT2D eigenvalue weighted by Crippen LogP contribution is 2.59. The molecule has 1 atom stereocenters. The molecule has 5 heteroatoms. The van der Waals surface area contributed by atoms with Crippen LogP contribution >= 0.6 is 15.9 Å². The van der Waals surface area contributed by atoms with Crippen LogP contribution in [0, 0.1) is 0 Å². The van der Waals surface area contributed by atoms with Crippen LogP contribution in [0.2, 0.25) is 0 Å². The smallest absolute Gasteiger partial charge is 0.200 e. The van der Waals surface area contributed by atoms with Gasteiger partial charge in [0.2, 0.25) is 0 Å². The molecule has 1 aromatic carbocycles. The summed E-state index contributed by atoms with van der Waals surface area (Å²) < 4.78 is 51.9. The van der Waals surface area contributed by atoms with Crippen molar-refractivity contribution < 1.29 is 17.6 Å². The highest BCUT2D eigenvalue weighted by atomic mass is 79.9. The van der Waals surface area contributed by atoms with Crippen LogP contribution in [0.3, 0.4) is 0 Å². The van der Waals surface area contributed by atoms with Gasteiger partial charge in [-0.1, -0.05) is 28.1 Å². The molecule has 1 saturated carbocycles. The molecule has 0 nitrogen and oxygen atoms in total. The Morgan fingerprint density at radius 2 is 1.60 bits per heavy atom. The molecule has 0 radical (unpaired) electrons. The predicted molar refractivity (Wildman–Crippen MR) is 51.4 cm³/mol. The highest BCUT2D eigenvalue weighted by molar-refractivity contribution is 9.10. The molecule has 1 unspecified atom stereocenters. The van der Waals surface area contributed by atoms with Gasteiger partial charge >= 0.3 is 11.8 Å². The van der Waals surface area contributed by atoms with Crippen molar-refractivity contribution in [2.75, 3.05) is 0 Å². The summed E-state index contributed by atoms with van der Waals surface area (Å²) in [4.78, 5) is 0. The van der Waals surface area contributed by atoms with Crippen molar-refractivity contribution in [2.45, 2.75) is 24.2 Å². The van der Waals surface area contributed by atoms with Crippen molar-refractivity contribution in [3.05, 3.63) is 34.3 Å². The lowest BCUT2D eigenvalue weighted by Gasteiger charge is -2.44. The standard InChI is InChI=1S/C10H7BrF4/c11-7-3-1-6(2-4-7)8-5-9(12,13)10(8,14)15/h1-4,8H,5H2. The van der Waals surface area contributed by atoms with Gasteiger partial charge in [0.15, 0.2) is 0 Å². The van der Waals surface area contributed by atoms with Crippen LogP contribution in [0.15, 0.2) is 28.7 Å². The minimum absolute atomic E-state index is 0.258. The number of alkyl halides is 4. The van der Waals surface area contributed by atoms with Gasteiger partial charge < -0.3 is 0 Å². The van der Waals surface area contributed by atoms with Crippen LogP contribution < -0.4 is 0 Å². The fourth-order valence-electron chi connectivity index (χ4n) is 1.67. The molecule has 0 aromatic heterocycles. The quantitative estimate of drug-likeness (QED) is 0.677. The Balaban J connectivity index is 2.25. The van der Waals surface area contributed by atoms with Crippen LogP contribution in [0.1, 0.15) is 17.9 Å². The Labute approximate surface area is 92.4 Å². The third-order valence-corrected chi connectivity index (χ3v) is 3.19. The average molecular weight is 283 g/mol. The number of benzene rings is 1. The van der Waals surface area contributed by atoms with Crippen molar-refractivity contribution in [3.8, 4) is 0 Å². The first-order chi connectivity index (χ1) is 6.84. The highest BCUT2D eigenvalue weighted by Gasteiger charge is 2.71. The van der Waals surface area contributed by atoms with E-state index in [1.807, 2.05) is 0 Å². The van der Waals surface area contributed by atoms with E-state index >= 15 is 0 Å². The van der Waals surface area contributed by atoms with Crippen molar-refractivity contribution in [1.82, 2.24) is 0 Å². The molecule has 1 fully saturated rings. The zero-order valence-electron chi connectivity index (χ0n) is 7.48. The van der Waals surface area contributed by atoms with E-state index in [9.17, 15) is 17.6 Å². The molecule has 1 aliphatic rings. The summed E-state index contributed by atoms with van der Waals surface area (Å²) in [6, 6.07) is 6.03. The fraction of sp³-hybridized carbons (Fsp3) is 0.400. The summed E-state index contributed by atoms with van der Waals surface area (Å²) in [6.07, 6.45) is -0.776. The summed E-state index contributed by atoms with van der Waals surface area (Å²) >= 11 is 3.15. The molecule has 0 heterocycles. The van der Waals surface area contributed by atoms with E-state index in [0.29, 0.717) is 0 Å². The molecule has 0 aliphatic heterocycles. The summed E-state index contributed by atoms with van der Waals surface area (Å²) in [7, 11) is 0. The maximum atomic E-state index is 13.0. The van der Waals surface area contributed by atoms with E-state index in [-0.39, 0.29) is 5.56 Å². The zero-order chi connectivity index (χ0) is 11.3. The van der Waals surface area contributed by atoms with Crippen molar-refractivity contribution >= 4 is 15.9 Å². The molecule has 0 spiro atoms. The fourth-order valence-corrected chi connectivity index (χ4v) is 1.93. The van der Waals surface area contributed by atoms with Gasteiger partial charge in [-0.3, -0.25) is 0 Å². The molecule has 1 aliphatic carbocycles. The monoisotopic (exact) mass is 282 g/mol. The SMILES string of the molecule is FC1(F)CC(c2ccc(Br)cc2)C1(F)F. The molecular weight excluding hydrogens is 276 g/mol. The second-order valence-corrected chi connectivity index (χ2v) is 4.55. The number of hydrogen-bond donors (Lipinski definition) is 0. The van der Waals surface area contributed by atoms with Crippen molar-refractivity contribution in [2.24, 2.45) is 0 Å². The predicted octanol–water partition coefficient (Wildman–Crippen LogP) is 4.21. The normalized spacial score (nSPS) is 27.1. The van der Waals surface area contributed by atoms with Gasteiger partial charge in [0.25, 0.3) is 0 Å². The first-order valence-electron chi connectivity index (χ1n) is 4.36. The molecule has 0 N–H and O–H groups in total. The first kappa shape index (κ1) is 10.9. The largest absolute Gasteiger partial charge is 0.317 e. The van der Waals surface area contributed by atoms with Crippen LogP contribution in [-0.4, -0.2) is 11.8 Å². The third kappa shape index (κ3) is 1.57. The lowest BCUT2D eigenvalue weighted by Crippen LogP contribution is -2.56. The molecular formula is C10H7BrF4. The zero-order valence-corrected chi connectivity index (χ0v) is 9.07. The van der Waals surface area contributed by atoms with Crippen molar-refractivity contribution in [3.63, 3.8) is 0 Å². The summed E-state index contributed by atoms with van der Waals surface area (Å²) in [5.74, 6) is -9.13. The van der Waals surface area contributed by atoms with E-state index in [1.165, 1.54) is 12.1 Å². The maximum Gasteiger partial charge on any atom is 0.317 e. The average Bonchev–Trinajstić information content (AvgIpc) is 2.16. The second kappa shape index (κ2) is 3.20. The lowest BCUT2D eigenvalue weighted by atomic mass is 9.73. The minimum Gasteiger partial charge on any atom is -0.200 e. The van der Waals surface area contributed by atoms with Crippen LogP contribution in [0.4, 0.5) is 17.6 Å². The van der Waals surface area contributed by atoms with Crippen LogP contribution in [-0.2, 0) is 0 Å². The van der Waals surface area contributed by atoms with E-state index in [1.54, 1.807) is 12.1 Å². The third-order valence-electron chi connectivity index (χ3n) is 2.66.